The van der Waals surface area contributed by atoms with Crippen molar-refractivity contribution in [1.29, 1.82) is 0 Å². The van der Waals surface area contributed by atoms with Gasteiger partial charge in [0.1, 0.15) is 5.82 Å². The van der Waals surface area contributed by atoms with Crippen LogP contribution in [0.5, 0.6) is 0 Å². The molecule has 0 amide bonds. The largest absolute Gasteiger partial charge is 0.387 e. The number of benzene rings is 1. The number of fused-ring (bicyclic) bond motifs is 2. The summed E-state index contributed by atoms with van der Waals surface area (Å²) in [6.45, 7) is 0. The Labute approximate surface area is 92.7 Å². The Balaban J connectivity index is 2.26. The van der Waals surface area contributed by atoms with E-state index in [1.807, 2.05) is 6.07 Å². The molecule has 1 heterocycles. The lowest BCUT2D eigenvalue weighted by Crippen LogP contribution is -2.11. The van der Waals surface area contributed by atoms with Crippen LogP contribution in [-0.2, 0) is 6.42 Å². The minimum absolute atomic E-state index is 0.245. The zero-order valence-corrected chi connectivity index (χ0v) is 8.78. The van der Waals surface area contributed by atoms with Gasteiger partial charge in [-0.2, -0.15) is 0 Å². The lowest BCUT2D eigenvalue weighted by atomic mass is 9.92. The van der Waals surface area contributed by atoms with Gasteiger partial charge in [0.25, 0.3) is 0 Å². The zero-order valence-electron chi connectivity index (χ0n) is 8.78. The van der Waals surface area contributed by atoms with E-state index < -0.39 is 6.10 Å². The predicted molar refractivity (Wildman–Crippen MR) is 59.6 cm³/mol. The highest BCUT2D eigenvalue weighted by Gasteiger charge is 2.19. The van der Waals surface area contributed by atoms with E-state index in [1.54, 1.807) is 6.07 Å². The Bertz CT molecular complexity index is 553. The molecule has 2 aromatic rings. The van der Waals surface area contributed by atoms with Gasteiger partial charge < -0.3 is 5.11 Å². The molecule has 0 spiro atoms. The van der Waals surface area contributed by atoms with Gasteiger partial charge in [-0.05, 0) is 49.1 Å². The monoisotopic (exact) mass is 217 g/mol. The van der Waals surface area contributed by atoms with Crippen LogP contribution in [0.3, 0.4) is 0 Å². The number of aliphatic hydroxyl groups excluding tert-OH is 1. The van der Waals surface area contributed by atoms with Crippen LogP contribution in [0.2, 0.25) is 0 Å². The van der Waals surface area contributed by atoms with Crippen LogP contribution in [0.4, 0.5) is 4.39 Å². The quantitative estimate of drug-likeness (QED) is 0.736. The Hall–Kier alpha value is -1.48. The minimum Gasteiger partial charge on any atom is -0.387 e. The number of halogens is 1. The Morgan fingerprint density at radius 2 is 2.19 bits per heavy atom. The molecule has 0 aliphatic heterocycles. The van der Waals surface area contributed by atoms with Gasteiger partial charge in [0.2, 0.25) is 0 Å². The number of hydrogen-bond acceptors (Lipinski definition) is 2. The number of nitrogens with zero attached hydrogens (tertiary/aromatic N) is 1. The summed E-state index contributed by atoms with van der Waals surface area (Å²) in [6.07, 6.45) is 2.20. The van der Waals surface area contributed by atoms with Crippen LogP contribution in [0, 0.1) is 5.82 Å². The fraction of sp³-hybridized carbons (Fsp3) is 0.308. The lowest BCUT2D eigenvalue weighted by molar-refractivity contribution is 0.152. The molecular weight excluding hydrogens is 205 g/mol. The number of aliphatic hydroxyl groups is 1. The van der Waals surface area contributed by atoms with Crippen LogP contribution in [0.25, 0.3) is 10.9 Å². The van der Waals surface area contributed by atoms with Crippen LogP contribution in [-0.4, -0.2) is 10.1 Å². The van der Waals surface area contributed by atoms with Crippen LogP contribution in [0.1, 0.15) is 30.2 Å². The molecule has 82 valence electrons. The second-order valence-electron chi connectivity index (χ2n) is 4.28. The molecule has 1 atom stereocenters. The van der Waals surface area contributed by atoms with Gasteiger partial charge in [-0.3, -0.25) is 0 Å². The summed E-state index contributed by atoms with van der Waals surface area (Å²) < 4.78 is 13.1. The van der Waals surface area contributed by atoms with Gasteiger partial charge in [-0.1, -0.05) is 0 Å². The van der Waals surface area contributed by atoms with Gasteiger partial charge in [-0.25, -0.2) is 9.37 Å². The fourth-order valence-corrected chi connectivity index (χ4v) is 2.32. The van der Waals surface area contributed by atoms with E-state index in [9.17, 15) is 9.50 Å². The maximum absolute atomic E-state index is 13.1. The molecular formula is C13H12FNO. The van der Waals surface area contributed by atoms with Gasteiger partial charge in [0.15, 0.2) is 0 Å². The molecule has 1 N–H and O–H groups in total. The van der Waals surface area contributed by atoms with E-state index in [1.165, 1.54) is 12.1 Å². The molecule has 1 aliphatic carbocycles. The number of rotatable bonds is 0. The maximum Gasteiger partial charge on any atom is 0.123 e. The van der Waals surface area contributed by atoms with E-state index in [0.29, 0.717) is 0 Å². The van der Waals surface area contributed by atoms with Crippen molar-refractivity contribution in [3.05, 3.63) is 41.3 Å². The molecule has 16 heavy (non-hydrogen) atoms. The van der Waals surface area contributed by atoms with Crippen molar-refractivity contribution in [2.24, 2.45) is 0 Å². The summed E-state index contributed by atoms with van der Waals surface area (Å²) in [5, 5.41) is 10.7. The van der Waals surface area contributed by atoms with Crippen molar-refractivity contribution in [2.75, 3.05) is 0 Å². The molecule has 0 saturated heterocycles. The molecule has 1 aromatic heterocycles. The number of aryl methyl sites for hydroxylation is 1. The van der Waals surface area contributed by atoms with E-state index >= 15 is 0 Å². The number of pyridine rings is 1. The standard InChI is InChI=1S/C13H12FNO/c14-10-4-5-11-9(7-10)6-8-2-1-3-12(16)13(8)15-11/h4-7,12,16H,1-3H2. The van der Waals surface area contributed by atoms with E-state index in [-0.39, 0.29) is 5.82 Å². The summed E-state index contributed by atoms with van der Waals surface area (Å²) in [4.78, 5) is 4.42. The Kier molecular flexibility index (Phi) is 2.14. The smallest absolute Gasteiger partial charge is 0.123 e. The lowest BCUT2D eigenvalue weighted by Gasteiger charge is -2.20. The molecule has 1 unspecified atom stereocenters. The van der Waals surface area contributed by atoms with Gasteiger partial charge >= 0.3 is 0 Å². The first kappa shape index (κ1) is 9.73. The van der Waals surface area contributed by atoms with E-state index in [2.05, 4.69) is 4.98 Å². The molecule has 0 bridgehead atoms. The first-order chi connectivity index (χ1) is 7.74. The molecule has 3 heteroatoms. The minimum atomic E-state index is -0.460. The summed E-state index contributed by atoms with van der Waals surface area (Å²) in [5.41, 5.74) is 2.57. The van der Waals surface area contributed by atoms with E-state index in [4.69, 9.17) is 0 Å². The summed E-state index contributed by atoms with van der Waals surface area (Å²) in [6, 6.07) is 6.50. The highest BCUT2D eigenvalue weighted by atomic mass is 19.1. The highest BCUT2D eigenvalue weighted by Crippen LogP contribution is 2.30. The van der Waals surface area contributed by atoms with Crippen molar-refractivity contribution < 1.29 is 9.50 Å². The van der Waals surface area contributed by atoms with Crippen molar-refractivity contribution in [2.45, 2.75) is 25.4 Å². The zero-order chi connectivity index (χ0) is 11.1. The SMILES string of the molecule is OC1CCCc2cc3cc(F)ccc3nc21. The van der Waals surface area contributed by atoms with Crippen LogP contribution >= 0.6 is 0 Å². The first-order valence-electron chi connectivity index (χ1n) is 5.51. The molecule has 2 nitrogen and oxygen atoms in total. The van der Waals surface area contributed by atoms with Gasteiger partial charge in [0.05, 0.1) is 17.3 Å². The first-order valence-corrected chi connectivity index (χ1v) is 5.51. The maximum atomic E-state index is 13.1. The van der Waals surface area contributed by atoms with E-state index in [0.717, 1.165) is 41.4 Å². The molecule has 3 rings (SSSR count). The van der Waals surface area contributed by atoms with Crippen molar-refractivity contribution in [1.82, 2.24) is 4.98 Å². The van der Waals surface area contributed by atoms with Gasteiger partial charge in [-0.15, -0.1) is 0 Å². The van der Waals surface area contributed by atoms with Crippen molar-refractivity contribution in [3.63, 3.8) is 0 Å². The topological polar surface area (TPSA) is 33.1 Å². The summed E-state index contributed by atoms with van der Waals surface area (Å²) in [5.74, 6) is -0.245. The average Bonchev–Trinajstić information content (AvgIpc) is 2.27. The second kappa shape index (κ2) is 3.52. The number of hydrogen-bond donors (Lipinski definition) is 1. The van der Waals surface area contributed by atoms with Crippen LogP contribution < -0.4 is 0 Å². The molecule has 1 aliphatic rings. The van der Waals surface area contributed by atoms with Crippen LogP contribution in [0.15, 0.2) is 24.3 Å². The van der Waals surface area contributed by atoms with Gasteiger partial charge in [0, 0.05) is 5.39 Å². The summed E-state index contributed by atoms with van der Waals surface area (Å²) in [7, 11) is 0. The number of aromatic nitrogens is 1. The van der Waals surface area contributed by atoms with Crippen molar-refractivity contribution in [3.8, 4) is 0 Å². The molecule has 0 radical (unpaired) electrons. The van der Waals surface area contributed by atoms with Crippen molar-refractivity contribution >= 4 is 10.9 Å². The third-order valence-corrected chi connectivity index (χ3v) is 3.13. The normalized spacial score (nSPS) is 19.8. The third kappa shape index (κ3) is 1.48. The molecule has 0 fully saturated rings. The molecule has 1 aromatic carbocycles. The predicted octanol–water partition coefficient (Wildman–Crippen LogP) is 2.74. The third-order valence-electron chi connectivity index (χ3n) is 3.13. The highest BCUT2D eigenvalue weighted by molar-refractivity contribution is 5.79. The fourth-order valence-electron chi connectivity index (χ4n) is 2.32. The molecule has 0 saturated carbocycles. The Morgan fingerprint density at radius 3 is 3.06 bits per heavy atom. The Morgan fingerprint density at radius 1 is 1.31 bits per heavy atom. The summed E-state index contributed by atoms with van der Waals surface area (Å²) >= 11 is 0. The average molecular weight is 217 g/mol. The second-order valence-corrected chi connectivity index (χ2v) is 4.28.